The number of aromatic nitrogens is 1. The average molecular weight is 443 g/mol. The van der Waals surface area contributed by atoms with Gasteiger partial charge in [0.05, 0.1) is 10.9 Å². The van der Waals surface area contributed by atoms with Crippen LogP contribution in [-0.4, -0.2) is 56.7 Å². The van der Waals surface area contributed by atoms with Crippen molar-refractivity contribution in [3.63, 3.8) is 0 Å². The van der Waals surface area contributed by atoms with Crippen LogP contribution in [0.15, 0.2) is 59.0 Å². The van der Waals surface area contributed by atoms with Crippen molar-refractivity contribution in [3.05, 3.63) is 77.2 Å². The fraction of sp³-hybridized carbons (Fsp3) is 0.217. The number of carbonyl (C=O) groups is 3. The molecule has 0 bridgehead atoms. The average Bonchev–Trinajstić information content (AvgIpc) is 3.28. The fourth-order valence-corrected chi connectivity index (χ4v) is 4.17. The molecule has 1 saturated heterocycles. The van der Waals surface area contributed by atoms with E-state index in [2.05, 4.69) is 10.3 Å². The summed E-state index contributed by atoms with van der Waals surface area (Å²) in [5, 5.41) is 1.56. The zero-order valence-electron chi connectivity index (χ0n) is 17.4. The molecule has 31 heavy (non-hydrogen) atoms. The second-order valence-electron chi connectivity index (χ2n) is 7.10. The monoisotopic (exact) mass is 443 g/mol. The van der Waals surface area contributed by atoms with E-state index in [4.69, 9.17) is 4.42 Å². The van der Waals surface area contributed by atoms with Crippen LogP contribution >= 0.6 is 11.8 Å². The Balaban J connectivity index is 0.00000272. The number of imide groups is 1. The summed E-state index contributed by atoms with van der Waals surface area (Å²) < 4.78 is 5.75. The van der Waals surface area contributed by atoms with Crippen LogP contribution in [0.2, 0.25) is 0 Å². The fourth-order valence-electron chi connectivity index (χ4n) is 3.31. The van der Waals surface area contributed by atoms with Crippen molar-refractivity contribution in [2.45, 2.75) is 31.4 Å². The number of hydrogen-bond acceptors (Lipinski definition) is 6. The minimum Gasteiger partial charge on any atom is -0.441 e. The van der Waals surface area contributed by atoms with Crippen molar-refractivity contribution in [1.82, 2.24) is 10.3 Å². The van der Waals surface area contributed by atoms with Gasteiger partial charge in [-0.3, -0.25) is 19.7 Å². The minimum atomic E-state index is -0.409. The molecule has 3 aromatic rings. The normalized spacial score (nSPS) is 15.5. The molecule has 1 fully saturated rings. The van der Waals surface area contributed by atoms with Gasteiger partial charge in [0.1, 0.15) is 5.76 Å². The van der Waals surface area contributed by atoms with Gasteiger partial charge in [0.25, 0.3) is 5.24 Å². The Morgan fingerprint density at radius 2 is 1.81 bits per heavy atom. The number of hydrogen-bond donors (Lipinski definition) is 1. The summed E-state index contributed by atoms with van der Waals surface area (Å²) in [4.78, 5) is 40.1. The maximum absolute atomic E-state index is 12.6. The Morgan fingerprint density at radius 3 is 2.45 bits per heavy atom. The van der Waals surface area contributed by atoms with Crippen LogP contribution in [0.1, 0.15) is 33.8 Å². The van der Waals surface area contributed by atoms with Crippen molar-refractivity contribution in [2.24, 2.45) is 0 Å². The predicted octanol–water partition coefficient (Wildman–Crippen LogP) is 3.98. The summed E-state index contributed by atoms with van der Waals surface area (Å²) in [5.41, 5.74) is 3.22. The first-order chi connectivity index (χ1) is 14.5. The molecule has 1 unspecified atom stereocenters. The van der Waals surface area contributed by atoms with Gasteiger partial charge in [-0.2, -0.15) is 0 Å². The number of nitrogens with one attached hydrogen (secondary N) is 1. The van der Waals surface area contributed by atoms with E-state index < -0.39 is 5.25 Å². The van der Waals surface area contributed by atoms with E-state index in [1.165, 1.54) is 0 Å². The van der Waals surface area contributed by atoms with Gasteiger partial charge in [0.2, 0.25) is 11.8 Å². The van der Waals surface area contributed by atoms with Crippen LogP contribution in [-0.2, 0) is 17.6 Å². The first-order valence-electron chi connectivity index (χ1n) is 9.65. The standard InChI is InChI=1S/C23H20N2O4S.Na/c1-14-18(24-22(29-14)17-5-3-2-4-6-17)11-12-19(26)16-9-7-15(8-10-16)13-20-21(27)25-23(28)30-20;/h2-10,20H,11-13H2,1H3,(H,25,27,28);. The number of amides is 2. The molecule has 153 valence electrons. The molecule has 1 atom stereocenters. The van der Waals surface area contributed by atoms with E-state index in [0.29, 0.717) is 30.7 Å². The summed E-state index contributed by atoms with van der Waals surface area (Å²) in [6.07, 6.45) is 1.29. The quantitative estimate of drug-likeness (QED) is 0.439. The van der Waals surface area contributed by atoms with Crippen molar-refractivity contribution in [1.29, 1.82) is 0 Å². The summed E-state index contributed by atoms with van der Waals surface area (Å²) in [5.74, 6) is 1.04. The van der Waals surface area contributed by atoms with Gasteiger partial charge < -0.3 is 4.42 Å². The van der Waals surface area contributed by atoms with Crippen LogP contribution in [0.25, 0.3) is 11.5 Å². The van der Waals surface area contributed by atoms with Gasteiger partial charge in [-0.15, -0.1) is 0 Å². The predicted molar refractivity (Wildman–Crippen MR) is 120 cm³/mol. The van der Waals surface area contributed by atoms with Crippen LogP contribution in [0.3, 0.4) is 0 Å². The van der Waals surface area contributed by atoms with Crippen molar-refractivity contribution < 1.29 is 18.8 Å². The van der Waals surface area contributed by atoms with E-state index in [-0.39, 0.29) is 46.5 Å². The number of thioether (sulfide) groups is 1. The molecule has 1 radical (unpaired) electrons. The minimum absolute atomic E-state index is 0. The molecule has 6 nitrogen and oxygen atoms in total. The molecule has 2 amide bonds. The Hall–Kier alpha value is -2.19. The largest absolute Gasteiger partial charge is 0.441 e. The van der Waals surface area contributed by atoms with Crippen molar-refractivity contribution in [3.8, 4) is 11.5 Å². The molecule has 8 heteroatoms. The van der Waals surface area contributed by atoms with Gasteiger partial charge >= 0.3 is 0 Å². The van der Waals surface area contributed by atoms with Crippen LogP contribution in [0, 0.1) is 6.92 Å². The molecule has 0 saturated carbocycles. The maximum atomic E-state index is 12.6. The third-order valence-corrected chi connectivity index (χ3v) is 5.95. The topological polar surface area (TPSA) is 89.3 Å². The zero-order valence-corrected chi connectivity index (χ0v) is 20.2. The molecular weight excluding hydrogens is 423 g/mol. The van der Waals surface area contributed by atoms with E-state index in [1.807, 2.05) is 49.4 Å². The SMILES string of the molecule is Cc1oc(-c2ccccc2)nc1CCC(=O)c1ccc(CC2SC(=O)NC2=O)cc1.[Na]. The number of aryl methyl sites for hydroxylation is 2. The molecule has 2 aromatic carbocycles. The van der Waals surface area contributed by atoms with Crippen LogP contribution < -0.4 is 5.32 Å². The Bertz CT molecular complexity index is 1100. The van der Waals surface area contributed by atoms with Crippen molar-refractivity contribution >= 4 is 58.2 Å². The van der Waals surface area contributed by atoms with E-state index >= 15 is 0 Å². The van der Waals surface area contributed by atoms with Gasteiger partial charge in [-0.1, -0.05) is 54.2 Å². The van der Waals surface area contributed by atoms with Crippen molar-refractivity contribution in [2.75, 3.05) is 0 Å². The number of nitrogens with zero attached hydrogens (tertiary/aromatic N) is 1. The van der Waals surface area contributed by atoms with E-state index in [9.17, 15) is 14.4 Å². The molecule has 1 aromatic heterocycles. The molecule has 1 aliphatic heterocycles. The van der Waals surface area contributed by atoms with Gasteiger partial charge in [0.15, 0.2) is 5.78 Å². The first-order valence-corrected chi connectivity index (χ1v) is 10.5. The summed E-state index contributed by atoms with van der Waals surface area (Å²) >= 11 is 1.00. The number of ketones is 1. The van der Waals surface area contributed by atoms with Gasteiger partial charge in [-0.25, -0.2) is 4.98 Å². The number of benzene rings is 2. The zero-order chi connectivity index (χ0) is 21.1. The van der Waals surface area contributed by atoms with E-state index in [0.717, 1.165) is 34.3 Å². The second kappa shape index (κ2) is 10.4. The Morgan fingerprint density at radius 1 is 1.10 bits per heavy atom. The van der Waals surface area contributed by atoms with Crippen LogP contribution in [0.4, 0.5) is 4.79 Å². The Labute approximate surface area is 206 Å². The van der Waals surface area contributed by atoms with E-state index in [1.54, 1.807) is 12.1 Å². The summed E-state index contributed by atoms with van der Waals surface area (Å²) in [7, 11) is 0. The second-order valence-corrected chi connectivity index (χ2v) is 8.27. The third-order valence-electron chi connectivity index (χ3n) is 4.97. The van der Waals surface area contributed by atoms with Gasteiger partial charge in [-0.05, 0) is 31.0 Å². The third kappa shape index (κ3) is 5.74. The molecular formula is C23H20N2NaO4S. The Kier molecular flexibility index (Phi) is 7.89. The number of Topliss-reactive ketones (excluding diaryl/α,β-unsaturated/α-hetero) is 1. The van der Waals surface area contributed by atoms with Gasteiger partial charge in [0, 0.05) is 53.5 Å². The molecule has 2 heterocycles. The summed E-state index contributed by atoms with van der Waals surface area (Å²) in [6, 6.07) is 16.9. The number of oxazole rings is 1. The molecule has 1 aliphatic rings. The first kappa shape index (κ1) is 23.5. The number of rotatable bonds is 7. The molecule has 1 N–H and O–H groups in total. The molecule has 4 rings (SSSR count). The number of carbonyl (C=O) groups excluding carboxylic acids is 3. The maximum Gasteiger partial charge on any atom is 0.286 e. The summed E-state index contributed by atoms with van der Waals surface area (Å²) in [6.45, 7) is 1.86. The molecule has 0 spiro atoms. The molecule has 0 aliphatic carbocycles. The van der Waals surface area contributed by atoms with Crippen LogP contribution in [0.5, 0.6) is 0 Å². The smallest absolute Gasteiger partial charge is 0.286 e.